The van der Waals surface area contributed by atoms with E-state index in [-0.39, 0.29) is 6.10 Å². The molecule has 0 aliphatic heterocycles. The SMILES string of the molecule is CNC(COC(C)COC)C1CCCC1. The maximum atomic E-state index is 5.76. The van der Waals surface area contributed by atoms with Crippen LogP contribution in [-0.4, -0.2) is 39.5 Å². The van der Waals surface area contributed by atoms with Gasteiger partial charge in [0, 0.05) is 13.2 Å². The molecule has 2 atom stereocenters. The Morgan fingerprint density at radius 3 is 2.47 bits per heavy atom. The fraction of sp³-hybridized carbons (Fsp3) is 1.00. The van der Waals surface area contributed by atoms with Crippen LogP contribution in [0.4, 0.5) is 0 Å². The lowest BCUT2D eigenvalue weighted by molar-refractivity contribution is -0.00582. The highest BCUT2D eigenvalue weighted by Gasteiger charge is 2.24. The Balaban J connectivity index is 2.20. The van der Waals surface area contributed by atoms with Crippen LogP contribution in [0.3, 0.4) is 0 Å². The van der Waals surface area contributed by atoms with Crippen molar-refractivity contribution in [1.82, 2.24) is 5.32 Å². The Hall–Kier alpha value is -0.120. The van der Waals surface area contributed by atoms with Crippen LogP contribution >= 0.6 is 0 Å². The van der Waals surface area contributed by atoms with Gasteiger partial charge < -0.3 is 14.8 Å². The third kappa shape index (κ3) is 4.49. The first-order valence-corrected chi connectivity index (χ1v) is 6.05. The number of ether oxygens (including phenoxy) is 2. The summed E-state index contributed by atoms with van der Waals surface area (Å²) in [7, 11) is 3.75. The Labute approximate surface area is 93.5 Å². The standard InChI is InChI=1S/C12H25NO2/c1-10(8-14-3)15-9-12(13-2)11-6-4-5-7-11/h10-13H,4-9H2,1-3H3. The van der Waals surface area contributed by atoms with E-state index in [1.807, 2.05) is 7.05 Å². The summed E-state index contributed by atoms with van der Waals surface area (Å²) in [5, 5.41) is 3.38. The van der Waals surface area contributed by atoms with E-state index in [4.69, 9.17) is 9.47 Å². The number of hydrogen-bond donors (Lipinski definition) is 1. The zero-order valence-corrected chi connectivity index (χ0v) is 10.3. The highest BCUT2D eigenvalue weighted by atomic mass is 16.5. The van der Waals surface area contributed by atoms with Crippen LogP contribution in [0.15, 0.2) is 0 Å². The molecular weight excluding hydrogens is 190 g/mol. The van der Waals surface area contributed by atoms with Gasteiger partial charge in [0.25, 0.3) is 0 Å². The summed E-state index contributed by atoms with van der Waals surface area (Å²) in [6.07, 6.45) is 5.68. The molecular formula is C12H25NO2. The van der Waals surface area contributed by atoms with Gasteiger partial charge in [-0.05, 0) is 32.7 Å². The maximum absolute atomic E-state index is 5.76. The van der Waals surface area contributed by atoms with E-state index < -0.39 is 0 Å². The van der Waals surface area contributed by atoms with Crippen LogP contribution in [0, 0.1) is 5.92 Å². The van der Waals surface area contributed by atoms with Gasteiger partial charge in [0.1, 0.15) is 0 Å². The van der Waals surface area contributed by atoms with Crippen molar-refractivity contribution in [2.24, 2.45) is 5.92 Å². The maximum Gasteiger partial charge on any atom is 0.0781 e. The van der Waals surface area contributed by atoms with E-state index in [0.717, 1.165) is 12.5 Å². The van der Waals surface area contributed by atoms with Crippen molar-refractivity contribution in [3.8, 4) is 0 Å². The predicted molar refractivity (Wildman–Crippen MR) is 62.1 cm³/mol. The van der Waals surface area contributed by atoms with Gasteiger partial charge in [0.2, 0.25) is 0 Å². The summed E-state index contributed by atoms with van der Waals surface area (Å²) >= 11 is 0. The van der Waals surface area contributed by atoms with Crippen molar-refractivity contribution in [2.75, 3.05) is 27.4 Å². The lowest BCUT2D eigenvalue weighted by Gasteiger charge is -2.24. The van der Waals surface area contributed by atoms with Crippen molar-refractivity contribution in [3.63, 3.8) is 0 Å². The topological polar surface area (TPSA) is 30.5 Å². The van der Waals surface area contributed by atoms with E-state index in [9.17, 15) is 0 Å². The van der Waals surface area contributed by atoms with Crippen LogP contribution in [0.2, 0.25) is 0 Å². The molecule has 0 amide bonds. The van der Waals surface area contributed by atoms with Crippen molar-refractivity contribution in [2.45, 2.75) is 44.8 Å². The van der Waals surface area contributed by atoms with E-state index in [1.54, 1.807) is 7.11 Å². The minimum absolute atomic E-state index is 0.201. The summed E-state index contributed by atoms with van der Waals surface area (Å²) < 4.78 is 10.8. The Kier molecular flexibility index (Phi) is 6.22. The number of likely N-dealkylation sites (N-methyl/N-ethyl adjacent to an activating group) is 1. The molecule has 0 spiro atoms. The van der Waals surface area contributed by atoms with E-state index in [2.05, 4.69) is 12.2 Å². The average molecular weight is 215 g/mol. The number of nitrogens with one attached hydrogen (secondary N) is 1. The zero-order chi connectivity index (χ0) is 11.1. The van der Waals surface area contributed by atoms with Crippen molar-refractivity contribution >= 4 is 0 Å². The zero-order valence-electron chi connectivity index (χ0n) is 10.3. The molecule has 1 rings (SSSR count). The molecule has 0 heterocycles. The minimum Gasteiger partial charge on any atom is -0.382 e. The van der Waals surface area contributed by atoms with E-state index in [0.29, 0.717) is 12.6 Å². The van der Waals surface area contributed by atoms with Gasteiger partial charge >= 0.3 is 0 Å². The van der Waals surface area contributed by atoms with E-state index in [1.165, 1.54) is 25.7 Å². The highest BCUT2D eigenvalue weighted by molar-refractivity contribution is 4.79. The molecule has 2 unspecified atom stereocenters. The first-order valence-electron chi connectivity index (χ1n) is 6.05. The fourth-order valence-corrected chi connectivity index (χ4v) is 2.37. The number of hydrogen-bond acceptors (Lipinski definition) is 3. The number of rotatable bonds is 7. The molecule has 90 valence electrons. The first-order chi connectivity index (χ1) is 7.27. The Bertz CT molecular complexity index is 158. The van der Waals surface area contributed by atoms with Crippen molar-refractivity contribution < 1.29 is 9.47 Å². The Morgan fingerprint density at radius 2 is 1.93 bits per heavy atom. The van der Waals surface area contributed by atoms with Crippen LogP contribution in [0.5, 0.6) is 0 Å². The van der Waals surface area contributed by atoms with Crippen LogP contribution in [-0.2, 0) is 9.47 Å². The molecule has 3 nitrogen and oxygen atoms in total. The molecule has 0 aromatic heterocycles. The number of methoxy groups -OCH3 is 1. The Morgan fingerprint density at radius 1 is 1.27 bits per heavy atom. The summed E-state index contributed by atoms with van der Waals surface area (Å²) in [6.45, 7) is 3.55. The van der Waals surface area contributed by atoms with Gasteiger partial charge in [0.05, 0.1) is 19.3 Å². The monoisotopic (exact) mass is 215 g/mol. The van der Waals surface area contributed by atoms with Gasteiger partial charge in [-0.25, -0.2) is 0 Å². The molecule has 0 radical (unpaired) electrons. The molecule has 1 aliphatic rings. The fourth-order valence-electron chi connectivity index (χ4n) is 2.37. The quantitative estimate of drug-likeness (QED) is 0.702. The first kappa shape index (κ1) is 12.9. The molecule has 1 fully saturated rings. The van der Waals surface area contributed by atoms with Gasteiger partial charge in [-0.2, -0.15) is 0 Å². The van der Waals surface area contributed by atoms with Gasteiger partial charge in [-0.3, -0.25) is 0 Å². The molecule has 1 saturated carbocycles. The van der Waals surface area contributed by atoms with Gasteiger partial charge in [0.15, 0.2) is 0 Å². The second-order valence-electron chi connectivity index (χ2n) is 4.54. The molecule has 0 aromatic carbocycles. The predicted octanol–water partition coefficient (Wildman–Crippen LogP) is 1.82. The van der Waals surface area contributed by atoms with Crippen LogP contribution in [0.25, 0.3) is 0 Å². The summed E-state index contributed by atoms with van der Waals surface area (Å²) in [5.74, 6) is 0.810. The lowest BCUT2D eigenvalue weighted by Crippen LogP contribution is -2.38. The second kappa shape index (κ2) is 7.20. The van der Waals surface area contributed by atoms with Crippen molar-refractivity contribution in [3.05, 3.63) is 0 Å². The molecule has 3 heteroatoms. The molecule has 0 bridgehead atoms. The molecule has 15 heavy (non-hydrogen) atoms. The van der Waals surface area contributed by atoms with Crippen LogP contribution in [0.1, 0.15) is 32.6 Å². The molecule has 0 saturated heterocycles. The van der Waals surface area contributed by atoms with Gasteiger partial charge in [-0.15, -0.1) is 0 Å². The summed E-state index contributed by atoms with van der Waals surface area (Å²) in [4.78, 5) is 0. The van der Waals surface area contributed by atoms with Crippen LogP contribution < -0.4 is 5.32 Å². The lowest BCUT2D eigenvalue weighted by atomic mass is 9.99. The highest BCUT2D eigenvalue weighted by Crippen LogP contribution is 2.27. The third-order valence-electron chi connectivity index (χ3n) is 3.30. The normalized spacial score (nSPS) is 21.8. The summed E-state index contributed by atoms with van der Waals surface area (Å²) in [6, 6.07) is 0.520. The molecule has 1 N–H and O–H groups in total. The average Bonchev–Trinajstić information content (AvgIpc) is 2.72. The van der Waals surface area contributed by atoms with Gasteiger partial charge in [-0.1, -0.05) is 12.8 Å². The molecule has 0 aromatic rings. The minimum atomic E-state index is 0.201. The van der Waals surface area contributed by atoms with Crippen molar-refractivity contribution in [1.29, 1.82) is 0 Å². The summed E-state index contributed by atoms with van der Waals surface area (Å²) in [5.41, 5.74) is 0. The van der Waals surface area contributed by atoms with E-state index >= 15 is 0 Å². The smallest absolute Gasteiger partial charge is 0.0781 e. The second-order valence-corrected chi connectivity index (χ2v) is 4.54. The molecule has 1 aliphatic carbocycles. The third-order valence-corrected chi connectivity index (χ3v) is 3.30. The largest absolute Gasteiger partial charge is 0.382 e.